The Kier molecular flexibility index (Phi) is 53.6. The van der Waals surface area contributed by atoms with E-state index in [9.17, 15) is 0 Å². The SMILES string of the molecule is CCCOC(N)=S.CCCS.NC(O)=S.S.S. The number of hydrogen-bond donors (Lipinski definition) is 4. The van der Waals surface area contributed by atoms with Gasteiger partial charge >= 0.3 is 0 Å². The van der Waals surface area contributed by atoms with Crippen LogP contribution in [0.15, 0.2) is 0 Å². The molecular formula is C8H24N2O2S5. The van der Waals surface area contributed by atoms with E-state index in [4.69, 9.17) is 15.6 Å². The first kappa shape index (κ1) is 30.5. The van der Waals surface area contributed by atoms with Crippen molar-refractivity contribution in [1.82, 2.24) is 0 Å². The van der Waals surface area contributed by atoms with Gasteiger partial charge in [0.2, 0.25) is 0 Å². The molecular weight excluding hydrogens is 316 g/mol. The summed E-state index contributed by atoms with van der Waals surface area (Å²) in [6.07, 6.45) is 2.14. The number of thiocarbonyl (C=S) groups is 2. The smallest absolute Gasteiger partial charge is 0.253 e. The lowest BCUT2D eigenvalue weighted by molar-refractivity contribution is 0.308. The summed E-state index contributed by atoms with van der Waals surface area (Å²) in [5.41, 5.74) is 9.39. The zero-order valence-corrected chi connectivity index (χ0v) is 14.6. The van der Waals surface area contributed by atoms with E-state index in [1.807, 2.05) is 6.92 Å². The van der Waals surface area contributed by atoms with Crippen molar-refractivity contribution in [1.29, 1.82) is 0 Å². The summed E-state index contributed by atoms with van der Waals surface area (Å²) in [4.78, 5) is 0. The molecule has 0 heterocycles. The minimum atomic E-state index is -0.500. The molecule has 5 N–H and O–H groups in total. The van der Waals surface area contributed by atoms with Crippen molar-refractivity contribution in [3.8, 4) is 0 Å². The molecule has 0 aliphatic carbocycles. The molecule has 0 fully saturated rings. The minimum absolute atomic E-state index is 0. The van der Waals surface area contributed by atoms with Crippen LogP contribution < -0.4 is 11.5 Å². The van der Waals surface area contributed by atoms with Crippen LogP contribution in [0.2, 0.25) is 0 Å². The zero-order chi connectivity index (χ0) is 12.7. The zero-order valence-electron chi connectivity index (χ0n) is 10.1. The molecule has 0 saturated heterocycles. The fourth-order valence-electron chi connectivity index (χ4n) is 0.203. The van der Waals surface area contributed by atoms with Crippen molar-refractivity contribution in [2.75, 3.05) is 12.4 Å². The van der Waals surface area contributed by atoms with Crippen molar-refractivity contribution in [3.05, 3.63) is 0 Å². The summed E-state index contributed by atoms with van der Waals surface area (Å²) in [7, 11) is 0. The standard InChI is InChI=1S/C4H9NOS.C3H8S.CH3NOS.2H2S/c1-2-3-6-4(5)7;1-2-3-4;2-1(3)4;;/h2-3H2,1H3,(H2,5,7);4H,2-3H2,1H3;(H3,2,3,4);2*1H2. The molecule has 0 unspecified atom stereocenters. The summed E-state index contributed by atoms with van der Waals surface area (Å²) >= 11 is 12.2. The van der Waals surface area contributed by atoms with Crippen LogP contribution in [0.25, 0.3) is 0 Å². The highest BCUT2D eigenvalue weighted by molar-refractivity contribution is 7.80. The molecule has 108 valence electrons. The predicted molar refractivity (Wildman–Crippen MR) is 97.3 cm³/mol. The van der Waals surface area contributed by atoms with E-state index in [0.29, 0.717) is 6.61 Å². The van der Waals surface area contributed by atoms with Crippen molar-refractivity contribution >= 4 is 74.4 Å². The first-order valence-electron chi connectivity index (χ1n) is 4.43. The lowest BCUT2D eigenvalue weighted by Gasteiger charge is -1.96. The quantitative estimate of drug-likeness (QED) is 0.465. The first-order chi connectivity index (χ1) is 6.92. The maximum Gasteiger partial charge on any atom is 0.253 e. The van der Waals surface area contributed by atoms with Crippen LogP contribution in [-0.4, -0.2) is 27.8 Å². The van der Waals surface area contributed by atoms with E-state index < -0.39 is 5.17 Å². The molecule has 0 atom stereocenters. The topological polar surface area (TPSA) is 81.5 Å². The van der Waals surface area contributed by atoms with E-state index in [1.165, 1.54) is 6.42 Å². The van der Waals surface area contributed by atoms with Gasteiger partial charge < -0.3 is 21.3 Å². The Bertz CT molecular complexity index is 155. The first-order valence-corrected chi connectivity index (χ1v) is 5.88. The Morgan fingerprint density at radius 2 is 1.47 bits per heavy atom. The molecule has 0 aliphatic rings. The Balaban J connectivity index is -0.0000000425. The van der Waals surface area contributed by atoms with Crippen LogP contribution in [0.5, 0.6) is 0 Å². The lowest BCUT2D eigenvalue weighted by atomic mass is 10.5. The fraction of sp³-hybridized carbons (Fsp3) is 0.750. The van der Waals surface area contributed by atoms with Gasteiger partial charge in [-0.05, 0) is 43.0 Å². The molecule has 0 aromatic carbocycles. The largest absolute Gasteiger partial charge is 0.487 e. The van der Waals surface area contributed by atoms with Gasteiger partial charge in [0, 0.05) is 0 Å². The third-order valence-corrected chi connectivity index (χ3v) is 1.24. The van der Waals surface area contributed by atoms with Gasteiger partial charge in [-0.25, -0.2) is 0 Å². The number of rotatable bonds is 3. The molecule has 0 bridgehead atoms. The van der Waals surface area contributed by atoms with Gasteiger partial charge in [-0.3, -0.25) is 0 Å². The second-order valence-corrected chi connectivity index (χ2v) is 3.50. The Morgan fingerprint density at radius 3 is 1.53 bits per heavy atom. The number of hydrogen-bond acceptors (Lipinski definition) is 4. The number of nitrogens with two attached hydrogens (primary N) is 2. The maximum absolute atomic E-state index is 7.56. The van der Waals surface area contributed by atoms with Gasteiger partial charge in [0.25, 0.3) is 10.3 Å². The van der Waals surface area contributed by atoms with Gasteiger partial charge in [0.15, 0.2) is 0 Å². The molecule has 0 aromatic rings. The second kappa shape index (κ2) is 29.9. The third kappa shape index (κ3) is 116. The number of aliphatic hydroxyl groups excluding tert-OH is 1. The van der Waals surface area contributed by atoms with Crippen LogP contribution in [0.1, 0.15) is 26.7 Å². The van der Waals surface area contributed by atoms with Gasteiger partial charge in [-0.1, -0.05) is 13.8 Å². The number of thiol groups is 1. The summed E-state index contributed by atoms with van der Waals surface area (Å²) in [6, 6.07) is 0. The number of aliphatic hydroxyl groups is 1. The maximum atomic E-state index is 7.56. The molecule has 0 aromatic heterocycles. The van der Waals surface area contributed by atoms with E-state index in [1.54, 1.807) is 0 Å². The third-order valence-electron chi connectivity index (χ3n) is 0.672. The second-order valence-electron chi connectivity index (χ2n) is 2.23. The number of ether oxygens (including phenoxy) is 1. The van der Waals surface area contributed by atoms with E-state index in [0.717, 1.165) is 12.2 Å². The highest BCUT2D eigenvalue weighted by atomic mass is 32.1. The lowest BCUT2D eigenvalue weighted by Crippen LogP contribution is -2.12. The summed E-state index contributed by atoms with van der Waals surface area (Å²) in [5, 5.41) is 7.21. The Hall–Kier alpha value is 0.430. The monoisotopic (exact) mass is 340 g/mol. The van der Waals surface area contributed by atoms with E-state index in [2.05, 4.69) is 49.7 Å². The normalized spacial score (nSPS) is 6.53. The van der Waals surface area contributed by atoms with Gasteiger partial charge in [0.1, 0.15) is 0 Å². The summed E-state index contributed by atoms with van der Waals surface area (Å²) in [6.45, 7) is 4.74. The summed E-state index contributed by atoms with van der Waals surface area (Å²) < 4.78 is 4.70. The average Bonchev–Trinajstić information content (AvgIpc) is 2.14. The van der Waals surface area contributed by atoms with E-state index in [-0.39, 0.29) is 32.2 Å². The van der Waals surface area contributed by atoms with Crippen LogP contribution in [0.3, 0.4) is 0 Å². The molecule has 0 aliphatic heterocycles. The predicted octanol–water partition coefficient (Wildman–Crippen LogP) is 2.00. The Morgan fingerprint density at radius 1 is 1.18 bits per heavy atom. The Labute approximate surface area is 134 Å². The van der Waals surface area contributed by atoms with E-state index >= 15 is 0 Å². The highest BCUT2D eigenvalue weighted by Gasteiger charge is 1.81. The molecule has 4 nitrogen and oxygen atoms in total. The highest BCUT2D eigenvalue weighted by Crippen LogP contribution is 1.77. The molecule has 0 saturated carbocycles. The van der Waals surface area contributed by atoms with Crippen LogP contribution in [0, 0.1) is 0 Å². The van der Waals surface area contributed by atoms with Gasteiger partial charge in [-0.15, -0.1) is 0 Å². The molecule has 0 radical (unpaired) electrons. The van der Waals surface area contributed by atoms with Crippen LogP contribution >= 0.6 is 64.1 Å². The molecule has 0 amide bonds. The van der Waals surface area contributed by atoms with Crippen molar-refractivity contribution in [2.24, 2.45) is 11.5 Å². The molecule has 0 rings (SSSR count). The average molecular weight is 341 g/mol. The molecule has 17 heavy (non-hydrogen) atoms. The fourth-order valence-corrected chi connectivity index (χ4v) is 0.286. The van der Waals surface area contributed by atoms with Crippen molar-refractivity contribution < 1.29 is 9.84 Å². The van der Waals surface area contributed by atoms with Crippen molar-refractivity contribution in [2.45, 2.75) is 26.7 Å². The van der Waals surface area contributed by atoms with Gasteiger partial charge in [0.05, 0.1) is 6.61 Å². The summed E-state index contributed by atoms with van der Waals surface area (Å²) in [5.74, 6) is 1.01. The van der Waals surface area contributed by atoms with Crippen molar-refractivity contribution in [3.63, 3.8) is 0 Å². The van der Waals surface area contributed by atoms with Gasteiger partial charge in [-0.2, -0.15) is 39.6 Å². The molecule has 9 heteroatoms. The van der Waals surface area contributed by atoms with Crippen LogP contribution in [0.4, 0.5) is 0 Å². The minimum Gasteiger partial charge on any atom is -0.487 e. The van der Waals surface area contributed by atoms with Crippen LogP contribution in [-0.2, 0) is 4.74 Å². The molecule has 0 spiro atoms.